The topological polar surface area (TPSA) is 114 Å². The zero-order valence-electron chi connectivity index (χ0n) is 17.8. The molecule has 0 radical (unpaired) electrons. The van der Waals surface area contributed by atoms with Crippen LogP contribution in [0.2, 0.25) is 0 Å². The SMILES string of the molecule is COc1cccc(C(=O)Oc2ccc(/C=C3/C(=N)N4C(SC)=NSC4=NC3=O)cc2OC)c1. The van der Waals surface area contributed by atoms with E-state index in [1.807, 2.05) is 6.26 Å². The van der Waals surface area contributed by atoms with Crippen molar-refractivity contribution < 1.29 is 23.8 Å². The van der Waals surface area contributed by atoms with Gasteiger partial charge in [0.25, 0.3) is 5.91 Å². The summed E-state index contributed by atoms with van der Waals surface area (Å²) < 4.78 is 20.2. The van der Waals surface area contributed by atoms with E-state index in [0.717, 1.165) is 11.9 Å². The molecule has 2 aliphatic heterocycles. The first-order valence-corrected chi connectivity index (χ1v) is 11.5. The van der Waals surface area contributed by atoms with Crippen LogP contribution in [0.3, 0.4) is 0 Å². The Morgan fingerprint density at radius 2 is 1.97 bits per heavy atom. The van der Waals surface area contributed by atoms with Crippen LogP contribution < -0.4 is 14.2 Å². The summed E-state index contributed by atoms with van der Waals surface area (Å²) in [7, 11) is 2.96. The highest BCUT2D eigenvalue weighted by molar-refractivity contribution is 8.18. The predicted molar refractivity (Wildman–Crippen MR) is 129 cm³/mol. The number of nitrogens with zero attached hydrogens (tertiary/aromatic N) is 3. The van der Waals surface area contributed by atoms with Gasteiger partial charge < -0.3 is 14.2 Å². The van der Waals surface area contributed by atoms with E-state index in [4.69, 9.17) is 19.6 Å². The molecule has 0 bridgehead atoms. The van der Waals surface area contributed by atoms with Crippen molar-refractivity contribution in [3.63, 3.8) is 0 Å². The molecule has 33 heavy (non-hydrogen) atoms. The summed E-state index contributed by atoms with van der Waals surface area (Å²) in [5.41, 5.74) is 1.02. The minimum Gasteiger partial charge on any atom is -0.497 e. The Bertz CT molecular complexity index is 1260. The van der Waals surface area contributed by atoms with Crippen LogP contribution in [0.5, 0.6) is 17.2 Å². The number of aliphatic imine (C=N–C) groups is 1. The summed E-state index contributed by atoms with van der Waals surface area (Å²) >= 11 is 2.43. The van der Waals surface area contributed by atoms with E-state index in [2.05, 4.69) is 9.39 Å². The van der Waals surface area contributed by atoms with Crippen molar-refractivity contribution in [2.75, 3.05) is 20.5 Å². The first kappa shape index (κ1) is 22.6. The summed E-state index contributed by atoms with van der Waals surface area (Å²) in [5, 5.41) is 9.43. The smallest absolute Gasteiger partial charge is 0.343 e. The molecule has 4 rings (SSSR count). The second kappa shape index (κ2) is 9.51. The fourth-order valence-corrected chi connectivity index (χ4v) is 4.52. The van der Waals surface area contributed by atoms with E-state index < -0.39 is 11.9 Å². The molecule has 0 saturated carbocycles. The Morgan fingerprint density at radius 3 is 2.70 bits per heavy atom. The molecule has 0 fully saturated rings. The van der Waals surface area contributed by atoms with Gasteiger partial charge in [-0.3, -0.25) is 10.2 Å². The largest absolute Gasteiger partial charge is 0.497 e. The highest BCUT2D eigenvalue weighted by atomic mass is 32.2. The van der Waals surface area contributed by atoms with Crippen LogP contribution in [0, 0.1) is 5.41 Å². The molecule has 0 aromatic heterocycles. The number of carbonyl (C=O) groups is 2. The fourth-order valence-electron chi connectivity index (χ4n) is 3.07. The summed E-state index contributed by atoms with van der Waals surface area (Å²) in [6.07, 6.45) is 3.38. The van der Waals surface area contributed by atoms with Crippen LogP contribution >= 0.6 is 23.7 Å². The van der Waals surface area contributed by atoms with Crippen molar-refractivity contribution >= 4 is 57.8 Å². The molecule has 168 valence electrons. The summed E-state index contributed by atoms with van der Waals surface area (Å²) in [5.74, 6) is -0.0534. The summed E-state index contributed by atoms with van der Waals surface area (Å²) in [6, 6.07) is 11.5. The molecule has 2 aromatic rings. The molecule has 2 aliphatic rings. The Labute approximate surface area is 198 Å². The summed E-state index contributed by atoms with van der Waals surface area (Å²) in [6.45, 7) is 0. The molecular formula is C22H18N4O5S2. The number of nitrogens with one attached hydrogen (secondary N) is 1. The molecule has 2 aromatic carbocycles. The highest BCUT2D eigenvalue weighted by Crippen LogP contribution is 2.33. The lowest BCUT2D eigenvalue weighted by atomic mass is 10.1. The van der Waals surface area contributed by atoms with E-state index >= 15 is 0 Å². The number of benzene rings is 2. The average Bonchev–Trinajstić information content (AvgIpc) is 3.25. The van der Waals surface area contributed by atoms with E-state index in [0.29, 0.717) is 33.0 Å². The number of rotatable bonds is 5. The van der Waals surface area contributed by atoms with E-state index in [1.54, 1.807) is 48.5 Å². The lowest BCUT2D eigenvalue weighted by Gasteiger charge is -2.23. The van der Waals surface area contributed by atoms with Crippen molar-refractivity contribution in [3.05, 3.63) is 59.2 Å². The van der Waals surface area contributed by atoms with Gasteiger partial charge in [-0.1, -0.05) is 23.9 Å². The molecular weight excluding hydrogens is 464 g/mol. The zero-order chi connectivity index (χ0) is 23.5. The van der Waals surface area contributed by atoms with Gasteiger partial charge in [0.1, 0.15) is 11.6 Å². The number of fused-ring (bicyclic) bond motifs is 1. The maximum atomic E-state index is 12.5. The number of ether oxygens (including phenoxy) is 3. The molecule has 0 unspecified atom stereocenters. The van der Waals surface area contributed by atoms with Crippen molar-refractivity contribution in [2.45, 2.75) is 0 Å². The van der Waals surface area contributed by atoms with Crippen LogP contribution in [0.25, 0.3) is 6.08 Å². The molecule has 1 amide bonds. The minimum absolute atomic E-state index is 0.00408. The van der Waals surface area contributed by atoms with Crippen LogP contribution in [-0.2, 0) is 4.79 Å². The van der Waals surface area contributed by atoms with Gasteiger partial charge in [0.2, 0.25) is 5.17 Å². The number of carbonyl (C=O) groups excluding carboxylic acids is 2. The second-order valence-corrected chi connectivity index (χ2v) is 8.15. The van der Waals surface area contributed by atoms with Crippen LogP contribution in [0.15, 0.2) is 57.4 Å². The molecule has 0 atom stereocenters. The normalized spacial score (nSPS) is 16.3. The van der Waals surface area contributed by atoms with Crippen LogP contribution in [-0.4, -0.2) is 53.4 Å². The van der Waals surface area contributed by atoms with Gasteiger partial charge >= 0.3 is 5.97 Å². The molecule has 1 N–H and O–H groups in total. The van der Waals surface area contributed by atoms with Gasteiger partial charge in [0.05, 0.1) is 37.3 Å². The first-order valence-electron chi connectivity index (χ1n) is 9.52. The Morgan fingerprint density at radius 1 is 1.15 bits per heavy atom. The molecule has 2 heterocycles. The lowest BCUT2D eigenvalue weighted by molar-refractivity contribution is -0.114. The number of esters is 1. The maximum absolute atomic E-state index is 12.5. The first-order chi connectivity index (χ1) is 15.9. The van der Waals surface area contributed by atoms with E-state index in [-0.39, 0.29) is 17.2 Å². The predicted octanol–water partition coefficient (Wildman–Crippen LogP) is 3.86. The standard InChI is InChI=1S/C22H18N4O5S2/c1-29-14-6-4-5-13(11-14)20(28)31-16-8-7-12(10-17(16)30-2)9-15-18(23)26-21(24-19(15)27)33-25-22(26)32-3/h4-11,23H,1-3H3/b15-9-,23-18?. The molecule has 0 aliphatic carbocycles. The zero-order valence-corrected chi connectivity index (χ0v) is 19.5. The highest BCUT2D eigenvalue weighted by Gasteiger charge is 2.37. The second-order valence-electron chi connectivity index (χ2n) is 6.64. The van der Waals surface area contributed by atoms with Gasteiger partial charge in [0, 0.05) is 0 Å². The number of amides is 1. The number of thioether (sulfide) groups is 1. The van der Waals surface area contributed by atoms with Crippen molar-refractivity contribution in [2.24, 2.45) is 9.39 Å². The van der Waals surface area contributed by atoms with Crippen LogP contribution in [0.4, 0.5) is 0 Å². The maximum Gasteiger partial charge on any atom is 0.343 e. The van der Waals surface area contributed by atoms with Crippen molar-refractivity contribution in [3.8, 4) is 17.2 Å². The number of hydrogen-bond acceptors (Lipinski definition) is 9. The lowest BCUT2D eigenvalue weighted by Crippen LogP contribution is -2.41. The third-order valence-corrected chi connectivity index (χ3v) is 6.14. The van der Waals surface area contributed by atoms with Gasteiger partial charge in [-0.2, -0.15) is 9.39 Å². The molecule has 0 spiro atoms. The fraction of sp³-hybridized carbons (Fsp3) is 0.136. The Balaban J connectivity index is 1.60. The number of methoxy groups -OCH3 is 2. The number of amidine groups is 3. The Kier molecular flexibility index (Phi) is 6.52. The van der Waals surface area contributed by atoms with Crippen molar-refractivity contribution in [1.29, 1.82) is 5.41 Å². The molecule has 9 nitrogen and oxygen atoms in total. The van der Waals surface area contributed by atoms with Crippen LogP contribution in [0.1, 0.15) is 15.9 Å². The quantitative estimate of drug-likeness (QED) is 0.296. The molecule has 11 heteroatoms. The number of hydrogen-bond donors (Lipinski definition) is 1. The average molecular weight is 483 g/mol. The van der Waals surface area contributed by atoms with E-state index in [9.17, 15) is 9.59 Å². The van der Waals surface area contributed by atoms with Gasteiger partial charge in [-0.05, 0) is 48.2 Å². The Hall–Kier alpha value is -3.57. The van der Waals surface area contributed by atoms with Gasteiger partial charge in [-0.25, -0.2) is 9.69 Å². The summed E-state index contributed by atoms with van der Waals surface area (Å²) in [4.78, 5) is 30.6. The van der Waals surface area contributed by atoms with Gasteiger partial charge in [-0.15, -0.1) is 0 Å². The van der Waals surface area contributed by atoms with Gasteiger partial charge in [0.15, 0.2) is 16.7 Å². The van der Waals surface area contributed by atoms with E-state index in [1.165, 1.54) is 30.9 Å². The third kappa shape index (κ3) is 4.50. The van der Waals surface area contributed by atoms with Crippen molar-refractivity contribution in [1.82, 2.24) is 4.90 Å². The molecule has 0 saturated heterocycles. The minimum atomic E-state index is -0.570. The third-order valence-electron chi connectivity index (χ3n) is 4.68. The monoisotopic (exact) mass is 482 g/mol.